The first-order valence-corrected chi connectivity index (χ1v) is 12.3. The molecule has 4 rings (SSSR count). The second kappa shape index (κ2) is 11.9. The van der Waals surface area contributed by atoms with Gasteiger partial charge in [0.05, 0.1) is 33.5 Å². The van der Waals surface area contributed by atoms with Crippen molar-refractivity contribution in [2.24, 2.45) is 0 Å². The van der Waals surface area contributed by atoms with Crippen molar-refractivity contribution in [3.63, 3.8) is 0 Å². The molecule has 0 radical (unpaired) electrons. The Labute approximate surface area is 221 Å². The van der Waals surface area contributed by atoms with Gasteiger partial charge in [-0.15, -0.1) is 0 Å². The van der Waals surface area contributed by atoms with Crippen molar-refractivity contribution in [3.05, 3.63) is 128 Å². The molecule has 1 aromatic heterocycles. The number of methoxy groups -OCH3 is 2. The zero-order valence-corrected chi connectivity index (χ0v) is 21.7. The van der Waals surface area contributed by atoms with E-state index in [2.05, 4.69) is 4.98 Å². The minimum absolute atomic E-state index is 0.0310. The van der Waals surface area contributed by atoms with E-state index in [9.17, 15) is 14.7 Å². The molecule has 0 aliphatic carbocycles. The number of H-pyrrole nitrogens is 1. The predicted molar refractivity (Wildman–Crippen MR) is 145 cm³/mol. The van der Waals surface area contributed by atoms with E-state index >= 15 is 0 Å². The van der Waals surface area contributed by atoms with Gasteiger partial charge >= 0.3 is 5.69 Å². The van der Waals surface area contributed by atoms with Crippen molar-refractivity contribution in [1.29, 1.82) is 0 Å². The smallest absolute Gasteiger partial charge is 0.328 e. The van der Waals surface area contributed by atoms with Crippen LogP contribution in [0.3, 0.4) is 0 Å². The van der Waals surface area contributed by atoms with Crippen LogP contribution in [0.2, 0.25) is 0 Å². The van der Waals surface area contributed by atoms with E-state index in [4.69, 9.17) is 14.2 Å². The maximum atomic E-state index is 12.2. The second-order valence-electron chi connectivity index (χ2n) is 9.02. The minimum Gasteiger partial charge on any atom is -0.497 e. The summed E-state index contributed by atoms with van der Waals surface area (Å²) in [6.45, 7) is 1.83. The van der Waals surface area contributed by atoms with Crippen LogP contribution in [-0.2, 0) is 16.9 Å². The molecule has 0 amide bonds. The van der Waals surface area contributed by atoms with Gasteiger partial charge in [0.25, 0.3) is 5.56 Å². The monoisotopic (exact) mass is 516 g/mol. The molecule has 0 aliphatic heterocycles. The van der Waals surface area contributed by atoms with Crippen LogP contribution in [0.15, 0.2) is 94.6 Å². The molecule has 1 atom stereocenters. The summed E-state index contributed by atoms with van der Waals surface area (Å²) in [5.41, 5.74) is 1.09. The Kier molecular flexibility index (Phi) is 8.45. The number of benzene rings is 3. The topological polar surface area (TPSA) is 103 Å². The number of aliphatic hydroxyl groups is 1. The maximum absolute atomic E-state index is 12.2. The third kappa shape index (κ3) is 5.72. The second-order valence-corrected chi connectivity index (χ2v) is 9.02. The first-order valence-electron chi connectivity index (χ1n) is 12.3. The number of aliphatic hydroxyl groups excluding tert-OH is 1. The van der Waals surface area contributed by atoms with Crippen LogP contribution < -0.4 is 20.7 Å². The van der Waals surface area contributed by atoms with Crippen LogP contribution >= 0.6 is 0 Å². The molecule has 4 aromatic rings. The Bertz CT molecular complexity index is 1400. The molecule has 2 N–H and O–H groups in total. The molecule has 3 aromatic carbocycles. The number of rotatable bonds is 11. The van der Waals surface area contributed by atoms with Gasteiger partial charge in [0.15, 0.2) is 0 Å². The van der Waals surface area contributed by atoms with Crippen molar-refractivity contribution in [3.8, 4) is 11.5 Å². The maximum Gasteiger partial charge on any atom is 0.328 e. The molecular formula is C30H32N2O6. The molecule has 38 heavy (non-hydrogen) atoms. The van der Waals surface area contributed by atoms with Gasteiger partial charge in [-0.3, -0.25) is 14.3 Å². The molecule has 0 fully saturated rings. The lowest BCUT2D eigenvalue weighted by molar-refractivity contribution is -0.00766. The standard InChI is InChI=1S/C30H32N2O6/c1-21-19-32(29(35)31-28(21)34)20-25(33)17-18-38-30(22-7-5-4-6-8-22,23-9-13-26(36-2)14-10-23)24-11-15-27(37-3)16-12-24/h4-16,19,25,33H,17-18,20H2,1-3H3,(H,31,34,35)/t25-/m0/s1. The van der Waals surface area contributed by atoms with Gasteiger partial charge in [0.1, 0.15) is 17.1 Å². The lowest BCUT2D eigenvalue weighted by Gasteiger charge is -2.36. The van der Waals surface area contributed by atoms with Gasteiger partial charge in [0.2, 0.25) is 0 Å². The molecule has 8 heteroatoms. The van der Waals surface area contributed by atoms with Crippen LogP contribution in [-0.4, -0.2) is 41.6 Å². The number of ether oxygens (including phenoxy) is 3. The highest BCUT2D eigenvalue weighted by Crippen LogP contribution is 2.41. The molecule has 0 saturated heterocycles. The minimum atomic E-state index is -0.995. The molecule has 0 spiro atoms. The zero-order valence-electron chi connectivity index (χ0n) is 21.7. The SMILES string of the molecule is COc1ccc(C(OCC[C@H](O)Cn2cc(C)c(=O)[nH]c2=O)(c2ccccc2)c2ccc(OC)cc2)cc1. The summed E-state index contributed by atoms with van der Waals surface area (Å²) in [7, 11) is 3.24. The van der Waals surface area contributed by atoms with Gasteiger partial charge in [-0.25, -0.2) is 4.79 Å². The van der Waals surface area contributed by atoms with Gasteiger partial charge < -0.3 is 19.3 Å². The van der Waals surface area contributed by atoms with E-state index in [0.717, 1.165) is 28.2 Å². The summed E-state index contributed by atoms with van der Waals surface area (Å²) in [5, 5.41) is 10.8. The summed E-state index contributed by atoms with van der Waals surface area (Å²) < 4.78 is 18.8. The lowest BCUT2D eigenvalue weighted by atomic mass is 9.80. The van der Waals surface area contributed by atoms with E-state index in [1.165, 1.54) is 10.8 Å². The van der Waals surface area contributed by atoms with Crippen LogP contribution in [0.5, 0.6) is 11.5 Å². The molecule has 198 valence electrons. The van der Waals surface area contributed by atoms with Crippen LogP contribution in [0.4, 0.5) is 0 Å². The van der Waals surface area contributed by atoms with Crippen molar-refractivity contribution in [1.82, 2.24) is 9.55 Å². The molecule has 8 nitrogen and oxygen atoms in total. The highest BCUT2D eigenvalue weighted by Gasteiger charge is 2.38. The average Bonchev–Trinajstić information content (AvgIpc) is 2.95. The molecular weight excluding hydrogens is 484 g/mol. The summed E-state index contributed by atoms with van der Waals surface area (Å²) in [6, 6.07) is 25.3. The Balaban J connectivity index is 1.68. The molecule has 0 saturated carbocycles. The Morgan fingerprint density at radius 1 is 0.842 bits per heavy atom. The molecule has 0 aliphatic rings. The van der Waals surface area contributed by atoms with Crippen LogP contribution in [0.1, 0.15) is 28.7 Å². The number of hydrogen-bond donors (Lipinski definition) is 2. The molecule has 0 bridgehead atoms. The fraction of sp³-hybridized carbons (Fsp3) is 0.267. The van der Waals surface area contributed by atoms with E-state index in [0.29, 0.717) is 5.56 Å². The quantitative estimate of drug-likeness (QED) is 0.295. The fourth-order valence-electron chi connectivity index (χ4n) is 4.49. The Morgan fingerprint density at radius 2 is 1.37 bits per heavy atom. The van der Waals surface area contributed by atoms with E-state index in [1.807, 2.05) is 78.9 Å². The van der Waals surface area contributed by atoms with Crippen LogP contribution in [0.25, 0.3) is 0 Å². The average molecular weight is 517 g/mol. The van der Waals surface area contributed by atoms with Crippen molar-refractivity contribution >= 4 is 0 Å². The summed E-state index contributed by atoms with van der Waals surface area (Å²) in [6.07, 6.45) is 0.831. The first kappa shape index (κ1) is 26.9. The van der Waals surface area contributed by atoms with Crippen LogP contribution in [0, 0.1) is 6.92 Å². The summed E-state index contributed by atoms with van der Waals surface area (Å²) >= 11 is 0. The summed E-state index contributed by atoms with van der Waals surface area (Å²) in [5.74, 6) is 1.45. The Morgan fingerprint density at radius 3 is 1.89 bits per heavy atom. The fourth-order valence-corrected chi connectivity index (χ4v) is 4.49. The third-order valence-corrected chi connectivity index (χ3v) is 6.54. The number of nitrogens with one attached hydrogen (secondary N) is 1. The van der Waals surface area contributed by atoms with E-state index < -0.39 is 23.0 Å². The lowest BCUT2D eigenvalue weighted by Crippen LogP contribution is -2.36. The normalized spacial score (nSPS) is 12.2. The van der Waals surface area contributed by atoms with Crippen molar-refractivity contribution in [2.75, 3.05) is 20.8 Å². The first-order chi connectivity index (χ1) is 18.4. The number of aromatic nitrogens is 2. The number of aryl methyl sites for hydroxylation is 1. The number of aromatic amines is 1. The van der Waals surface area contributed by atoms with Gasteiger partial charge in [-0.05, 0) is 54.3 Å². The molecule has 1 heterocycles. The number of hydrogen-bond acceptors (Lipinski definition) is 6. The number of nitrogens with zero attached hydrogens (tertiary/aromatic N) is 1. The molecule has 0 unspecified atom stereocenters. The van der Waals surface area contributed by atoms with Gasteiger partial charge in [-0.2, -0.15) is 0 Å². The van der Waals surface area contributed by atoms with E-state index in [-0.39, 0.29) is 19.6 Å². The van der Waals surface area contributed by atoms with Crippen molar-refractivity contribution < 1.29 is 19.3 Å². The predicted octanol–water partition coefficient (Wildman–Crippen LogP) is 3.62. The van der Waals surface area contributed by atoms with Gasteiger partial charge in [0, 0.05) is 11.8 Å². The highest BCUT2D eigenvalue weighted by atomic mass is 16.5. The van der Waals surface area contributed by atoms with E-state index in [1.54, 1.807) is 21.1 Å². The zero-order chi connectivity index (χ0) is 27.1. The third-order valence-electron chi connectivity index (χ3n) is 6.54. The van der Waals surface area contributed by atoms with Crippen molar-refractivity contribution in [2.45, 2.75) is 31.6 Å². The highest BCUT2D eigenvalue weighted by molar-refractivity contribution is 5.49. The Hall–Kier alpha value is -4.14. The largest absolute Gasteiger partial charge is 0.497 e. The summed E-state index contributed by atoms with van der Waals surface area (Å²) in [4.78, 5) is 26.1. The van der Waals surface area contributed by atoms with Gasteiger partial charge in [-0.1, -0.05) is 54.6 Å².